The fourth-order valence-corrected chi connectivity index (χ4v) is 2.87. The van der Waals surface area contributed by atoms with E-state index in [1.807, 2.05) is 56.3 Å². The number of carbonyl (C=O) groups is 1. The molecule has 1 amide bonds. The van der Waals surface area contributed by atoms with E-state index in [-0.39, 0.29) is 11.6 Å². The maximum atomic E-state index is 12.7. The van der Waals surface area contributed by atoms with E-state index in [0.717, 1.165) is 16.6 Å². The fraction of sp³-hybridized carbons (Fsp3) is 0.211. The zero-order valence-electron chi connectivity index (χ0n) is 14.6. The minimum absolute atomic E-state index is 0.273. The summed E-state index contributed by atoms with van der Waals surface area (Å²) in [7, 11) is 0. The number of anilines is 1. The van der Waals surface area contributed by atoms with E-state index in [4.69, 9.17) is 4.74 Å². The topological polar surface area (TPSA) is 69.0 Å². The van der Waals surface area contributed by atoms with Gasteiger partial charge in [-0.25, -0.2) is 4.68 Å². The van der Waals surface area contributed by atoms with Gasteiger partial charge in [-0.3, -0.25) is 4.79 Å². The van der Waals surface area contributed by atoms with Gasteiger partial charge in [0.15, 0.2) is 5.69 Å². The molecular weight excluding hydrogens is 396 g/mol. The van der Waals surface area contributed by atoms with Crippen LogP contribution in [0.25, 0.3) is 5.69 Å². The molecule has 0 spiro atoms. The van der Waals surface area contributed by atoms with Crippen molar-refractivity contribution in [3.63, 3.8) is 0 Å². The van der Waals surface area contributed by atoms with Gasteiger partial charge >= 0.3 is 0 Å². The molecule has 0 bridgehead atoms. The molecule has 6 nitrogen and oxygen atoms in total. The fourth-order valence-electron chi connectivity index (χ4n) is 2.48. The quantitative estimate of drug-likeness (QED) is 0.649. The monoisotopic (exact) mass is 414 g/mol. The number of aromatic nitrogens is 3. The molecule has 2 aromatic carbocycles. The van der Waals surface area contributed by atoms with Crippen molar-refractivity contribution in [2.75, 3.05) is 11.9 Å². The molecule has 7 heteroatoms. The summed E-state index contributed by atoms with van der Waals surface area (Å²) in [6.07, 6.45) is 0.891. The summed E-state index contributed by atoms with van der Waals surface area (Å²) in [5.41, 5.74) is 2.38. The van der Waals surface area contributed by atoms with Gasteiger partial charge in [-0.1, -0.05) is 46.3 Å². The van der Waals surface area contributed by atoms with Crippen molar-refractivity contribution >= 4 is 27.5 Å². The first-order valence-corrected chi connectivity index (χ1v) is 9.11. The third kappa shape index (κ3) is 3.94. The van der Waals surface area contributed by atoms with Crippen LogP contribution in [-0.2, 0) is 0 Å². The first-order chi connectivity index (χ1) is 12.6. The second-order valence-corrected chi connectivity index (χ2v) is 6.63. The van der Waals surface area contributed by atoms with Crippen LogP contribution in [0.5, 0.6) is 5.75 Å². The van der Waals surface area contributed by atoms with Crippen molar-refractivity contribution < 1.29 is 9.53 Å². The lowest BCUT2D eigenvalue weighted by Gasteiger charge is -2.11. The molecule has 1 heterocycles. The largest absolute Gasteiger partial charge is 0.491 e. The third-order valence-electron chi connectivity index (χ3n) is 3.76. The minimum Gasteiger partial charge on any atom is -0.491 e. The molecule has 3 aromatic rings. The Morgan fingerprint density at radius 3 is 2.81 bits per heavy atom. The predicted molar refractivity (Wildman–Crippen MR) is 104 cm³/mol. The Morgan fingerprint density at radius 2 is 2.04 bits per heavy atom. The third-order valence-corrected chi connectivity index (χ3v) is 4.25. The van der Waals surface area contributed by atoms with E-state index in [1.54, 1.807) is 10.7 Å². The molecule has 26 heavy (non-hydrogen) atoms. The second kappa shape index (κ2) is 8.14. The summed E-state index contributed by atoms with van der Waals surface area (Å²) in [5, 5.41) is 11.0. The number of ether oxygens (including phenoxy) is 1. The zero-order chi connectivity index (χ0) is 18.5. The summed E-state index contributed by atoms with van der Waals surface area (Å²) in [6.45, 7) is 4.44. The molecule has 0 atom stereocenters. The Balaban J connectivity index is 1.84. The maximum Gasteiger partial charge on any atom is 0.278 e. The van der Waals surface area contributed by atoms with Gasteiger partial charge in [-0.2, -0.15) is 0 Å². The molecule has 0 radical (unpaired) electrons. The normalized spacial score (nSPS) is 10.6. The lowest BCUT2D eigenvalue weighted by molar-refractivity contribution is 0.102. The van der Waals surface area contributed by atoms with Crippen molar-refractivity contribution in [3.8, 4) is 11.4 Å². The molecule has 0 aliphatic heterocycles. The predicted octanol–water partition coefficient (Wildman–Crippen LogP) is 4.38. The first kappa shape index (κ1) is 18.1. The van der Waals surface area contributed by atoms with Crippen molar-refractivity contribution in [3.05, 3.63) is 64.4 Å². The van der Waals surface area contributed by atoms with Gasteiger partial charge in [-0.05, 0) is 43.7 Å². The molecule has 0 saturated heterocycles. The Bertz CT molecular complexity index is 923. The molecule has 0 aliphatic rings. The maximum absolute atomic E-state index is 12.7. The van der Waals surface area contributed by atoms with E-state index < -0.39 is 0 Å². The van der Waals surface area contributed by atoms with E-state index >= 15 is 0 Å². The Kier molecular flexibility index (Phi) is 5.68. The van der Waals surface area contributed by atoms with Gasteiger partial charge in [0.2, 0.25) is 0 Å². The number of para-hydroxylation sites is 2. The van der Waals surface area contributed by atoms with Crippen LogP contribution in [0.2, 0.25) is 0 Å². The minimum atomic E-state index is -0.323. The number of halogens is 1. The standard InChI is InChI=1S/C19H19BrN4O2/c1-3-11-26-17-10-5-4-9-16(17)21-19(25)18-13(2)24(23-22-18)15-8-6-7-14(20)12-15/h4-10,12H,3,11H2,1-2H3,(H,21,25). The average Bonchev–Trinajstić information content (AvgIpc) is 3.02. The lowest BCUT2D eigenvalue weighted by Crippen LogP contribution is -2.15. The smallest absolute Gasteiger partial charge is 0.278 e. The number of amides is 1. The number of nitrogens with zero attached hydrogens (tertiary/aromatic N) is 3. The number of rotatable bonds is 6. The van der Waals surface area contributed by atoms with Gasteiger partial charge in [-0.15, -0.1) is 5.10 Å². The van der Waals surface area contributed by atoms with E-state index in [1.165, 1.54) is 0 Å². The van der Waals surface area contributed by atoms with Crippen LogP contribution in [0.15, 0.2) is 53.0 Å². The van der Waals surface area contributed by atoms with Crippen molar-refractivity contribution in [2.45, 2.75) is 20.3 Å². The summed E-state index contributed by atoms with van der Waals surface area (Å²) in [4.78, 5) is 12.7. The van der Waals surface area contributed by atoms with Crippen molar-refractivity contribution in [1.82, 2.24) is 15.0 Å². The van der Waals surface area contributed by atoms with E-state index in [0.29, 0.717) is 23.7 Å². The molecule has 134 valence electrons. The van der Waals surface area contributed by atoms with Crippen LogP contribution in [0, 0.1) is 6.92 Å². The number of hydrogen-bond donors (Lipinski definition) is 1. The van der Waals surface area contributed by atoms with E-state index in [9.17, 15) is 4.79 Å². The first-order valence-electron chi connectivity index (χ1n) is 8.31. The molecule has 0 unspecified atom stereocenters. The highest BCUT2D eigenvalue weighted by atomic mass is 79.9. The Labute approximate surface area is 160 Å². The molecular formula is C19H19BrN4O2. The van der Waals surface area contributed by atoms with Crippen molar-refractivity contribution in [1.29, 1.82) is 0 Å². The average molecular weight is 415 g/mol. The Morgan fingerprint density at radius 1 is 1.23 bits per heavy atom. The zero-order valence-corrected chi connectivity index (χ0v) is 16.2. The molecule has 0 saturated carbocycles. The molecule has 1 aromatic heterocycles. The summed E-state index contributed by atoms with van der Waals surface area (Å²) >= 11 is 3.44. The van der Waals surface area contributed by atoms with Gasteiger partial charge < -0.3 is 10.1 Å². The highest BCUT2D eigenvalue weighted by Gasteiger charge is 2.18. The summed E-state index contributed by atoms with van der Waals surface area (Å²) in [5.74, 6) is 0.316. The van der Waals surface area contributed by atoms with Crippen LogP contribution >= 0.6 is 15.9 Å². The molecule has 0 aliphatic carbocycles. The summed E-state index contributed by atoms with van der Waals surface area (Å²) < 4.78 is 8.25. The molecule has 1 N–H and O–H groups in total. The SMILES string of the molecule is CCCOc1ccccc1NC(=O)c1nnn(-c2cccc(Br)c2)c1C. The van der Waals surface area contributed by atoms with Gasteiger partial charge in [0.05, 0.1) is 23.7 Å². The second-order valence-electron chi connectivity index (χ2n) is 5.71. The number of nitrogens with one attached hydrogen (secondary N) is 1. The summed E-state index contributed by atoms with van der Waals surface area (Å²) in [6, 6.07) is 15.0. The number of carbonyl (C=O) groups excluding carboxylic acids is 1. The van der Waals surface area contributed by atoms with Gasteiger partial charge in [0.1, 0.15) is 5.75 Å². The highest BCUT2D eigenvalue weighted by Crippen LogP contribution is 2.25. The number of hydrogen-bond acceptors (Lipinski definition) is 4. The van der Waals surface area contributed by atoms with Crippen molar-refractivity contribution in [2.24, 2.45) is 0 Å². The van der Waals surface area contributed by atoms with Crippen LogP contribution < -0.4 is 10.1 Å². The molecule has 0 fully saturated rings. The lowest BCUT2D eigenvalue weighted by atomic mass is 10.2. The molecule has 3 rings (SSSR count). The Hall–Kier alpha value is -2.67. The van der Waals surface area contributed by atoms with Crippen LogP contribution in [0.1, 0.15) is 29.5 Å². The van der Waals surface area contributed by atoms with Crippen LogP contribution in [0.3, 0.4) is 0 Å². The van der Waals surface area contributed by atoms with E-state index in [2.05, 4.69) is 31.6 Å². The number of benzene rings is 2. The van der Waals surface area contributed by atoms with Crippen LogP contribution in [-0.4, -0.2) is 27.5 Å². The van der Waals surface area contributed by atoms with Gasteiger partial charge in [0.25, 0.3) is 5.91 Å². The highest BCUT2D eigenvalue weighted by molar-refractivity contribution is 9.10. The van der Waals surface area contributed by atoms with Gasteiger partial charge in [0, 0.05) is 4.47 Å². The van der Waals surface area contributed by atoms with Crippen LogP contribution in [0.4, 0.5) is 5.69 Å².